The monoisotopic (exact) mass is 534 g/mol. The van der Waals surface area contributed by atoms with Crippen LogP contribution in [-0.2, 0) is 20.2 Å². The van der Waals surface area contributed by atoms with E-state index in [2.05, 4.69) is 0 Å². The molecule has 0 bridgehead atoms. The summed E-state index contributed by atoms with van der Waals surface area (Å²) in [6.07, 6.45) is 0. The molecule has 0 spiro atoms. The molecule has 0 amide bonds. The molecule has 0 saturated carbocycles. The van der Waals surface area contributed by atoms with Crippen LogP contribution in [0, 0.1) is 0 Å². The predicted molar refractivity (Wildman–Crippen MR) is 108 cm³/mol. The molecule has 3 aromatic carbocycles. The summed E-state index contributed by atoms with van der Waals surface area (Å²) in [5.41, 5.74) is 0. The Labute approximate surface area is 267 Å². The fourth-order valence-corrected chi connectivity index (χ4v) is 6.16. The Bertz CT molecular complexity index is 1110. The molecule has 0 aliphatic rings. The van der Waals surface area contributed by atoms with Gasteiger partial charge < -0.3 is 20.1 Å². The summed E-state index contributed by atoms with van der Waals surface area (Å²) < 4.78 is 68.4. The molecule has 8 nitrogen and oxygen atoms in total. The maximum atomic E-state index is 11.4. The first-order chi connectivity index (χ1) is 12.7. The third-order valence-electron chi connectivity index (χ3n) is 3.74. The van der Waals surface area contributed by atoms with Crippen LogP contribution in [0.15, 0.2) is 88.7 Å². The largest absolute Gasteiger partial charge is 1.00 e. The molecule has 3 aromatic rings. The van der Waals surface area contributed by atoms with E-state index in [4.69, 9.17) is 0 Å². The van der Waals surface area contributed by atoms with E-state index >= 15 is 0 Å². The molecule has 0 atom stereocenters. The van der Waals surface area contributed by atoms with Gasteiger partial charge >= 0.3 is 103 Å². The average Bonchev–Trinajstić information content (AvgIpc) is 2.62. The van der Waals surface area contributed by atoms with Crippen LogP contribution in [0.4, 0.5) is 0 Å². The van der Waals surface area contributed by atoms with Crippen LogP contribution in [0.5, 0.6) is 0 Å². The minimum Gasteiger partial charge on any atom is -0.744 e. The van der Waals surface area contributed by atoms with Crippen molar-refractivity contribution >= 4 is 44.1 Å². The fraction of sp³-hybridized carbons (Fsp3) is 0. The topological polar surface area (TPSA) is 177 Å². The standard InChI is InChI=1S/C18H15O6PS2.2K.2H2O/c19-26(20,21)17-10-4-8-15(12-17)25(14-6-2-1-3-7-14)16-9-5-11-18(13-16)27(22,23)24;;;;/h1-13H,(H,19,20,21)(H,22,23,24);;;2*1H2/q;2*+1;;/p-2. The molecule has 13 heteroatoms. The molecule has 156 valence electrons. The second-order valence-corrected chi connectivity index (χ2v) is 10.6. The van der Waals surface area contributed by atoms with Crippen molar-refractivity contribution in [3.05, 3.63) is 78.9 Å². The van der Waals surface area contributed by atoms with Crippen molar-refractivity contribution in [2.24, 2.45) is 0 Å². The molecule has 0 aliphatic carbocycles. The maximum absolute atomic E-state index is 11.4. The number of hydrogen-bond donors (Lipinski definition) is 0. The van der Waals surface area contributed by atoms with Crippen LogP contribution < -0.4 is 119 Å². The van der Waals surface area contributed by atoms with Crippen LogP contribution in [0.25, 0.3) is 0 Å². The molecule has 0 aromatic heterocycles. The molecular formula is C18H17K2O8PS2. The smallest absolute Gasteiger partial charge is 0.744 e. The Hall–Kier alpha value is 1.10. The van der Waals surface area contributed by atoms with E-state index in [1.165, 1.54) is 36.4 Å². The third kappa shape index (κ3) is 9.34. The maximum Gasteiger partial charge on any atom is 1.00 e. The average molecular weight is 535 g/mol. The van der Waals surface area contributed by atoms with Crippen molar-refractivity contribution in [1.29, 1.82) is 0 Å². The Morgan fingerprint density at radius 3 is 1.26 bits per heavy atom. The molecule has 0 unspecified atom stereocenters. The zero-order chi connectivity index (χ0) is 19.7. The third-order valence-corrected chi connectivity index (χ3v) is 7.81. The Balaban J connectivity index is 0. The molecule has 0 radical (unpaired) electrons. The first-order valence-corrected chi connectivity index (χ1v) is 11.8. The molecule has 0 aliphatic heterocycles. The van der Waals surface area contributed by atoms with Crippen molar-refractivity contribution in [1.82, 2.24) is 0 Å². The quantitative estimate of drug-likeness (QED) is 0.178. The van der Waals surface area contributed by atoms with Gasteiger partial charge in [0.25, 0.3) is 0 Å². The van der Waals surface area contributed by atoms with Crippen LogP contribution in [0.1, 0.15) is 0 Å². The minimum atomic E-state index is -4.64. The second kappa shape index (κ2) is 14.5. The molecular weight excluding hydrogens is 517 g/mol. The van der Waals surface area contributed by atoms with E-state index in [0.29, 0.717) is 10.6 Å². The summed E-state index contributed by atoms with van der Waals surface area (Å²) in [7, 11) is -10.7. The van der Waals surface area contributed by atoms with E-state index in [1.807, 2.05) is 18.2 Å². The van der Waals surface area contributed by atoms with Gasteiger partial charge in [0.05, 0.1) is 9.79 Å². The molecule has 4 N–H and O–H groups in total. The van der Waals surface area contributed by atoms with Crippen molar-refractivity contribution in [3.63, 3.8) is 0 Å². The Morgan fingerprint density at radius 1 is 0.548 bits per heavy atom. The van der Waals surface area contributed by atoms with Crippen molar-refractivity contribution in [3.8, 4) is 0 Å². The molecule has 3 rings (SSSR count). The first-order valence-electron chi connectivity index (χ1n) is 7.63. The van der Waals surface area contributed by atoms with E-state index < -0.39 is 28.2 Å². The summed E-state index contributed by atoms with van der Waals surface area (Å²) in [4.78, 5) is -0.730. The van der Waals surface area contributed by atoms with Gasteiger partial charge in [-0.25, -0.2) is 16.8 Å². The number of hydrogen-bond acceptors (Lipinski definition) is 6. The molecule has 0 heterocycles. The predicted octanol–water partition coefficient (Wildman–Crippen LogP) is -6.39. The molecule has 0 saturated heterocycles. The van der Waals surface area contributed by atoms with Gasteiger partial charge in [0.15, 0.2) is 0 Å². The van der Waals surface area contributed by atoms with Gasteiger partial charge in [0.2, 0.25) is 0 Å². The number of rotatable bonds is 5. The zero-order valence-electron chi connectivity index (χ0n) is 16.7. The van der Waals surface area contributed by atoms with Crippen molar-refractivity contribution in [2.75, 3.05) is 0 Å². The van der Waals surface area contributed by atoms with Gasteiger partial charge in [0.1, 0.15) is 20.2 Å². The fourth-order valence-electron chi connectivity index (χ4n) is 2.58. The van der Waals surface area contributed by atoms with E-state index in [1.54, 1.807) is 24.3 Å². The van der Waals surface area contributed by atoms with Crippen molar-refractivity contribution in [2.45, 2.75) is 9.79 Å². The normalized spacial score (nSPS) is 10.7. The van der Waals surface area contributed by atoms with E-state index in [-0.39, 0.29) is 124 Å². The van der Waals surface area contributed by atoms with E-state index in [9.17, 15) is 25.9 Å². The van der Waals surface area contributed by atoms with Gasteiger partial charge in [-0.05, 0) is 48.1 Å². The Kier molecular flexibility index (Phi) is 16.0. The van der Waals surface area contributed by atoms with E-state index in [0.717, 1.165) is 5.30 Å². The first kappa shape index (κ1) is 34.3. The van der Waals surface area contributed by atoms with Gasteiger partial charge in [0, 0.05) is 0 Å². The van der Waals surface area contributed by atoms with Gasteiger partial charge in [-0.3, -0.25) is 0 Å². The molecule has 31 heavy (non-hydrogen) atoms. The van der Waals surface area contributed by atoms with Crippen LogP contribution in [0.2, 0.25) is 0 Å². The van der Waals surface area contributed by atoms with Gasteiger partial charge in [-0.1, -0.05) is 54.6 Å². The summed E-state index contributed by atoms with van der Waals surface area (Å²) in [5.74, 6) is 0. The second-order valence-electron chi connectivity index (χ2n) is 5.57. The Morgan fingerprint density at radius 2 is 0.903 bits per heavy atom. The van der Waals surface area contributed by atoms with Crippen molar-refractivity contribution < 1.29 is 140 Å². The van der Waals surface area contributed by atoms with Crippen LogP contribution in [-0.4, -0.2) is 36.9 Å². The SMILES string of the molecule is O.O.O=S(=O)([O-])c1cccc(P(c2ccccc2)c2cccc(S(=O)(=O)[O-])c2)c1.[K+].[K+]. The summed E-state index contributed by atoms with van der Waals surface area (Å²) in [6, 6.07) is 20.3. The van der Waals surface area contributed by atoms with Crippen LogP contribution >= 0.6 is 7.92 Å². The minimum absolute atomic E-state index is 0. The molecule has 0 fully saturated rings. The zero-order valence-corrected chi connectivity index (χ0v) is 25.5. The summed E-state index contributed by atoms with van der Waals surface area (Å²) in [6.45, 7) is 0. The summed E-state index contributed by atoms with van der Waals surface area (Å²) >= 11 is 0. The van der Waals surface area contributed by atoms with Gasteiger partial charge in [-0.15, -0.1) is 0 Å². The summed E-state index contributed by atoms with van der Waals surface area (Å²) in [5, 5.41) is 1.91. The van der Waals surface area contributed by atoms with Gasteiger partial charge in [-0.2, -0.15) is 0 Å². The number of benzene rings is 3. The van der Waals surface area contributed by atoms with Crippen LogP contribution in [0.3, 0.4) is 0 Å².